The molecule has 0 spiro atoms. The lowest BCUT2D eigenvalue weighted by molar-refractivity contribution is 0.160. The lowest BCUT2D eigenvalue weighted by Crippen LogP contribution is -2.14. The van der Waals surface area contributed by atoms with Gasteiger partial charge in [-0.15, -0.1) is 10.2 Å². The molecule has 1 amide bonds. The lowest BCUT2D eigenvalue weighted by Gasteiger charge is -2.02. The minimum absolute atomic E-state index is 0.392. The van der Waals surface area contributed by atoms with Gasteiger partial charge in [-0.2, -0.15) is 0 Å². The molecule has 2 heterocycles. The summed E-state index contributed by atoms with van der Waals surface area (Å²) in [6.45, 7) is 2.44. The van der Waals surface area contributed by atoms with Gasteiger partial charge in [0.25, 0.3) is 0 Å². The minimum Gasteiger partial charge on any atom is -0.462 e. The number of carbonyl (C=O) groups is 1. The van der Waals surface area contributed by atoms with E-state index in [0.717, 1.165) is 12.8 Å². The number of amides is 1. The zero-order chi connectivity index (χ0) is 12.8. The van der Waals surface area contributed by atoms with E-state index in [9.17, 15) is 4.79 Å². The van der Waals surface area contributed by atoms with Gasteiger partial charge in [-0.25, -0.2) is 4.79 Å². The van der Waals surface area contributed by atoms with Gasteiger partial charge in [-0.3, -0.25) is 5.32 Å². The maximum absolute atomic E-state index is 11.4. The quantitative estimate of drug-likeness (QED) is 0.842. The Morgan fingerprint density at radius 1 is 1.56 bits per heavy atom. The van der Waals surface area contributed by atoms with E-state index in [1.54, 1.807) is 18.4 Å². The normalized spacial score (nSPS) is 10.3. The number of unbranched alkanes of at least 4 members (excludes halogenated alkanes) is 1. The summed E-state index contributed by atoms with van der Waals surface area (Å²) in [4.78, 5) is 11.4. The smallest absolute Gasteiger partial charge is 0.413 e. The molecule has 0 radical (unpaired) electrons. The fraction of sp³-hybridized carbons (Fsp3) is 0.364. The van der Waals surface area contributed by atoms with Crippen molar-refractivity contribution in [2.75, 3.05) is 11.9 Å². The minimum atomic E-state index is -0.509. The van der Waals surface area contributed by atoms with Gasteiger partial charge >= 0.3 is 6.09 Å². The summed E-state index contributed by atoms with van der Waals surface area (Å²) in [6.07, 6.45) is 2.88. The average Bonchev–Trinajstić information content (AvgIpc) is 2.98. The van der Waals surface area contributed by atoms with Crippen LogP contribution in [0, 0.1) is 0 Å². The third kappa shape index (κ3) is 3.30. The van der Waals surface area contributed by atoms with Crippen LogP contribution in [-0.4, -0.2) is 22.9 Å². The zero-order valence-electron chi connectivity index (χ0n) is 9.88. The molecule has 6 nitrogen and oxygen atoms in total. The van der Waals surface area contributed by atoms with Gasteiger partial charge in [0.2, 0.25) is 5.13 Å². The van der Waals surface area contributed by atoms with Crippen LogP contribution in [0.2, 0.25) is 0 Å². The molecule has 0 fully saturated rings. The van der Waals surface area contributed by atoms with Crippen molar-refractivity contribution in [1.82, 2.24) is 10.2 Å². The Hall–Kier alpha value is -1.89. The molecule has 0 aliphatic heterocycles. The second-order valence-corrected chi connectivity index (χ2v) is 4.48. The largest absolute Gasteiger partial charge is 0.462 e. The highest BCUT2D eigenvalue weighted by Crippen LogP contribution is 2.26. The number of nitrogens with zero attached hydrogens (tertiary/aromatic N) is 2. The summed E-state index contributed by atoms with van der Waals surface area (Å²) in [5.74, 6) is 0.625. The molecule has 7 heteroatoms. The molecule has 96 valence electrons. The van der Waals surface area contributed by atoms with Gasteiger partial charge < -0.3 is 9.15 Å². The molecule has 2 aromatic heterocycles. The van der Waals surface area contributed by atoms with Crippen molar-refractivity contribution in [2.45, 2.75) is 19.8 Å². The standard InChI is InChI=1S/C11H13N3O3S/c1-2-3-6-17-11(15)12-10-14-13-9(18-10)8-5-4-7-16-8/h4-5,7H,2-3,6H2,1H3,(H,12,14,15). The Kier molecular flexibility index (Phi) is 4.30. The molecule has 0 atom stereocenters. The third-order valence-electron chi connectivity index (χ3n) is 2.10. The number of aromatic nitrogens is 2. The summed E-state index contributed by atoms with van der Waals surface area (Å²) < 4.78 is 10.1. The number of furan rings is 1. The highest BCUT2D eigenvalue weighted by Gasteiger charge is 2.11. The van der Waals surface area contributed by atoms with Crippen LogP contribution in [0.3, 0.4) is 0 Å². The van der Waals surface area contributed by atoms with Gasteiger partial charge in [-0.1, -0.05) is 24.7 Å². The number of carbonyl (C=O) groups excluding carboxylic acids is 1. The predicted molar refractivity (Wildman–Crippen MR) is 67.5 cm³/mol. The first-order valence-corrected chi connectivity index (χ1v) is 6.42. The summed E-state index contributed by atoms with van der Waals surface area (Å²) in [5.41, 5.74) is 0. The van der Waals surface area contributed by atoms with Gasteiger partial charge in [0.15, 0.2) is 10.8 Å². The van der Waals surface area contributed by atoms with Crippen molar-refractivity contribution in [2.24, 2.45) is 0 Å². The first-order chi connectivity index (χ1) is 8.79. The van der Waals surface area contributed by atoms with Crippen LogP contribution in [0.15, 0.2) is 22.8 Å². The molecule has 0 aliphatic rings. The molecule has 0 aromatic carbocycles. The van der Waals surface area contributed by atoms with E-state index in [4.69, 9.17) is 9.15 Å². The van der Waals surface area contributed by atoms with Gasteiger partial charge in [0, 0.05) is 0 Å². The molecule has 0 saturated heterocycles. The van der Waals surface area contributed by atoms with E-state index in [1.807, 2.05) is 6.92 Å². The number of hydrogen-bond acceptors (Lipinski definition) is 6. The SMILES string of the molecule is CCCCOC(=O)Nc1nnc(-c2ccco2)s1. The molecule has 1 N–H and O–H groups in total. The van der Waals surface area contributed by atoms with Crippen molar-refractivity contribution < 1.29 is 13.9 Å². The molecule has 0 bridgehead atoms. The molecular weight excluding hydrogens is 254 g/mol. The second-order valence-electron chi connectivity index (χ2n) is 3.50. The number of rotatable bonds is 5. The van der Waals surface area contributed by atoms with Gasteiger partial charge in [0.1, 0.15) is 0 Å². The van der Waals surface area contributed by atoms with Gasteiger partial charge in [0.05, 0.1) is 12.9 Å². The van der Waals surface area contributed by atoms with E-state index >= 15 is 0 Å². The summed E-state index contributed by atoms with van der Waals surface area (Å²) in [6, 6.07) is 3.55. The Balaban J connectivity index is 1.89. The number of nitrogens with one attached hydrogen (secondary N) is 1. The zero-order valence-corrected chi connectivity index (χ0v) is 10.7. The van der Waals surface area contributed by atoms with E-state index in [0.29, 0.717) is 22.5 Å². The van der Waals surface area contributed by atoms with E-state index < -0.39 is 6.09 Å². The number of ether oxygens (including phenoxy) is 1. The molecule has 2 aromatic rings. The van der Waals surface area contributed by atoms with Crippen molar-refractivity contribution in [3.63, 3.8) is 0 Å². The number of hydrogen-bond donors (Lipinski definition) is 1. The summed E-state index contributed by atoms with van der Waals surface area (Å²) >= 11 is 1.23. The van der Waals surface area contributed by atoms with E-state index in [1.165, 1.54) is 11.3 Å². The summed E-state index contributed by atoms with van der Waals surface area (Å²) in [5, 5.41) is 11.3. The van der Waals surface area contributed by atoms with Crippen LogP contribution < -0.4 is 5.32 Å². The summed E-state index contributed by atoms with van der Waals surface area (Å²) in [7, 11) is 0. The van der Waals surface area contributed by atoms with Crippen molar-refractivity contribution in [3.8, 4) is 10.8 Å². The van der Waals surface area contributed by atoms with E-state index in [2.05, 4.69) is 15.5 Å². The van der Waals surface area contributed by atoms with Crippen LogP contribution >= 0.6 is 11.3 Å². The van der Waals surface area contributed by atoms with Crippen LogP contribution in [0.1, 0.15) is 19.8 Å². The van der Waals surface area contributed by atoms with Crippen molar-refractivity contribution in [3.05, 3.63) is 18.4 Å². The first-order valence-electron chi connectivity index (χ1n) is 5.60. The highest BCUT2D eigenvalue weighted by atomic mass is 32.1. The third-order valence-corrected chi connectivity index (χ3v) is 2.95. The first kappa shape index (κ1) is 12.6. The van der Waals surface area contributed by atoms with Crippen LogP contribution in [-0.2, 0) is 4.74 Å². The van der Waals surface area contributed by atoms with Gasteiger partial charge in [-0.05, 0) is 18.6 Å². The van der Waals surface area contributed by atoms with Crippen LogP contribution in [0.4, 0.5) is 9.93 Å². The topological polar surface area (TPSA) is 77.2 Å². The van der Waals surface area contributed by atoms with E-state index in [-0.39, 0.29) is 0 Å². The number of anilines is 1. The monoisotopic (exact) mass is 267 g/mol. The average molecular weight is 267 g/mol. The molecule has 0 saturated carbocycles. The predicted octanol–water partition coefficient (Wildman–Crippen LogP) is 3.15. The molecule has 18 heavy (non-hydrogen) atoms. The lowest BCUT2D eigenvalue weighted by atomic mass is 10.4. The molecular formula is C11H13N3O3S. The van der Waals surface area contributed by atoms with Crippen LogP contribution in [0.5, 0.6) is 0 Å². The Bertz CT molecular complexity index is 495. The maximum atomic E-state index is 11.4. The Morgan fingerprint density at radius 2 is 2.44 bits per heavy atom. The Morgan fingerprint density at radius 3 is 3.17 bits per heavy atom. The fourth-order valence-electron chi connectivity index (χ4n) is 1.21. The molecule has 0 aliphatic carbocycles. The van der Waals surface area contributed by atoms with Crippen molar-refractivity contribution >= 4 is 22.6 Å². The molecule has 2 rings (SSSR count). The Labute approximate surface area is 108 Å². The maximum Gasteiger partial charge on any atom is 0.413 e. The molecule has 0 unspecified atom stereocenters. The van der Waals surface area contributed by atoms with Crippen LogP contribution in [0.25, 0.3) is 10.8 Å². The highest BCUT2D eigenvalue weighted by molar-refractivity contribution is 7.18. The second kappa shape index (κ2) is 6.15. The van der Waals surface area contributed by atoms with Crippen molar-refractivity contribution in [1.29, 1.82) is 0 Å². The fourth-order valence-corrected chi connectivity index (χ4v) is 1.90.